The van der Waals surface area contributed by atoms with Crippen molar-refractivity contribution in [2.45, 2.75) is 25.3 Å². The number of hydrogen-bond donors (Lipinski definition) is 3. The van der Waals surface area contributed by atoms with Gasteiger partial charge in [0.1, 0.15) is 13.2 Å². The fourth-order valence-electron chi connectivity index (χ4n) is 3.61. The SMILES string of the molecule is O=C(CCN1CCN(CC(=O)NC2CC2)CC1)NC(=O)Nc1ccc2c(c1)OCCO2. The molecule has 0 bridgehead atoms. The first-order valence-electron chi connectivity index (χ1n) is 10.8. The number of carbonyl (C=O) groups excluding carboxylic acids is 3. The number of nitrogens with one attached hydrogen (secondary N) is 3. The number of anilines is 1. The fraction of sp³-hybridized carbons (Fsp3) is 0.571. The lowest BCUT2D eigenvalue weighted by Gasteiger charge is -2.34. The van der Waals surface area contributed by atoms with Crippen LogP contribution in [0.25, 0.3) is 0 Å². The molecule has 0 aromatic heterocycles. The molecule has 2 heterocycles. The van der Waals surface area contributed by atoms with E-state index in [0.717, 1.165) is 39.0 Å². The van der Waals surface area contributed by atoms with Gasteiger partial charge in [0, 0.05) is 56.9 Å². The van der Waals surface area contributed by atoms with Crippen LogP contribution in [-0.4, -0.2) is 86.2 Å². The number of urea groups is 1. The smallest absolute Gasteiger partial charge is 0.325 e. The fourth-order valence-corrected chi connectivity index (χ4v) is 3.61. The third-order valence-electron chi connectivity index (χ3n) is 5.48. The molecule has 1 saturated carbocycles. The standard InChI is InChI=1S/C21H29N5O5/c27-19(24-21(29)23-16-3-4-17-18(13-16)31-12-11-30-17)5-6-25-7-9-26(10-8-25)14-20(28)22-15-1-2-15/h3-4,13,15H,1-2,5-12,14H2,(H,22,28)(H2,23,24,27,29). The van der Waals surface area contributed by atoms with Gasteiger partial charge in [0.25, 0.3) is 0 Å². The molecule has 1 aromatic carbocycles. The summed E-state index contributed by atoms with van der Waals surface area (Å²) in [5, 5.41) is 8.00. The van der Waals surface area contributed by atoms with Crippen LogP contribution in [0.4, 0.5) is 10.5 Å². The Bertz CT molecular complexity index is 820. The summed E-state index contributed by atoms with van der Waals surface area (Å²) < 4.78 is 10.9. The molecule has 4 rings (SSSR count). The number of carbonyl (C=O) groups is 3. The number of ether oxygens (including phenoxy) is 2. The summed E-state index contributed by atoms with van der Waals surface area (Å²) in [5.74, 6) is 0.970. The monoisotopic (exact) mass is 431 g/mol. The van der Waals surface area contributed by atoms with E-state index in [1.807, 2.05) is 0 Å². The molecule has 0 unspecified atom stereocenters. The van der Waals surface area contributed by atoms with Crippen LogP contribution >= 0.6 is 0 Å². The van der Waals surface area contributed by atoms with Crippen LogP contribution in [0.15, 0.2) is 18.2 Å². The van der Waals surface area contributed by atoms with Gasteiger partial charge < -0.3 is 25.0 Å². The first-order chi connectivity index (χ1) is 15.0. The van der Waals surface area contributed by atoms with E-state index in [1.165, 1.54) is 0 Å². The van der Waals surface area contributed by atoms with Gasteiger partial charge in [0.2, 0.25) is 11.8 Å². The number of benzene rings is 1. The van der Waals surface area contributed by atoms with Crippen molar-refractivity contribution < 1.29 is 23.9 Å². The Labute approximate surface area is 181 Å². The number of nitrogens with zero attached hydrogens (tertiary/aromatic N) is 2. The number of piperazine rings is 1. The van der Waals surface area contributed by atoms with Gasteiger partial charge in [-0.2, -0.15) is 0 Å². The second-order valence-corrected chi connectivity index (χ2v) is 8.07. The average Bonchev–Trinajstić information content (AvgIpc) is 3.57. The second-order valence-electron chi connectivity index (χ2n) is 8.07. The Hall–Kier alpha value is -2.85. The zero-order valence-electron chi connectivity index (χ0n) is 17.5. The lowest BCUT2D eigenvalue weighted by molar-refractivity contribution is -0.122. The Morgan fingerprint density at radius 2 is 1.65 bits per heavy atom. The molecule has 0 radical (unpaired) electrons. The third kappa shape index (κ3) is 6.56. The van der Waals surface area contributed by atoms with Crippen molar-refractivity contribution >= 4 is 23.5 Å². The molecule has 10 nitrogen and oxygen atoms in total. The maximum absolute atomic E-state index is 12.1. The van der Waals surface area contributed by atoms with E-state index in [1.54, 1.807) is 18.2 Å². The minimum Gasteiger partial charge on any atom is -0.486 e. The predicted molar refractivity (Wildman–Crippen MR) is 113 cm³/mol. The number of rotatable bonds is 7. The van der Waals surface area contributed by atoms with Crippen LogP contribution in [0.1, 0.15) is 19.3 Å². The minimum absolute atomic E-state index is 0.0966. The molecule has 1 aromatic rings. The topological polar surface area (TPSA) is 112 Å². The summed E-state index contributed by atoms with van der Waals surface area (Å²) >= 11 is 0. The molecule has 4 amide bonds. The van der Waals surface area contributed by atoms with Crippen LogP contribution < -0.4 is 25.4 Å². The van der Waals surface area contributed by atoms with E-state index in [2.05, 4.69) is 25.8 Å². The van der Waals surface area contributed by atoms with Crippen LogP contribution in [0.5, 0.6) is 11.5 Å². The van der Waals surface area contributed by atoms with Gasteiger partial charge >= 0.3 is 6.03 Å². The van der Waals surface area contributed by atoms with Gasteiger partial charge in [-0.15, -0.1) is 0 Å². The second kappa shape index (κ2) is 9.97. The summed E-state index contributed by atoms with van der Waals surface area (Å²) in [7, 11) is 0. The van der Waals surface area contributed by atoms with E-state index >= 15 is 0 Å². The van der Waals surface area contributed by atoms with Crippen molar-refractivity contribution in [2.75, 3.05) is 57.8 Å². The molecule has 2 fully saturated rings. The highest BCUT2D eigenvalue weighted by Crippen LogP contribution is 2.32. The van der Waals surface area contributed by atoms with Gasteiger partial charge in [0.05, 0.1) is 6.54 Å². The van der Waals surface area contributed by atoms with Crippen LogP contribution in [-0.2, 0) is 9.59 Å². The van der Waals surface area contributed by atoms with Gasteiger partial charge in [-0.25, -0.2) is 4.79 Å². The Morgan fingerprint density at radius 3 is 2.39 bits per heavy atom. The first-order valence-corrected chi connectivity index (χ1v) is 10.8. The summed E-state index contributed by atoms with van der Waals surface area (Å²) in [5.41, 5.74) is 0.524. The van der Waals surface area contributed by atoms with Crippen molar-refractivity contribution in [3.63, 3.8) is 0 Å². The van der Waals surface area contributed by atoms with E-state index in [-0.39, 0.29) is 18.2 Å². The van der Waals surface area contributed by atoms with E-state index in [4.69, 9.17) is 9.47 Å². The molecule has 10 heteroatoms. The quantitative estimate of drug-likeness (QED) is 0.573. The molecule has 168 valence electrons. The lowest BCUT2D eigenvalue weighted by atomic mass is 10.2. The lowest BCUT2D eigenvalue weighted by Crippen LogP contribution is -2.50. The van der Waals surface area contributed by atoms with E-state index in [0.29, 0.717) is 49.5 Å². The zero-order valence-corrected chi connectivity index (χ0v) is 17.5. The number of hydrogen-bond acceptors (Lipinski definition) is 7. The van der Waals surface area contributed by atoms with E-state index < -0.39 is 6.03 Å². The number of imide groups is 1. The van der Waals surface area contributed by atoms with Crippen molar-refractivity contribution in [1.82, 2.24) is 20.4 Å². The molecule has 0 atom stereocenters. The highest BCUT2D eigenvalue weighted by Gasteiger charge is 2.25. The normalized spacial score (nSPS) is 18.8. The number of amides is 4. The Balaban J connectivity index is 1.12. The number of fused-ring (bicyclic) bond motifs is 1. The maximum atomic E-state index is 12.1. The maximum Gasteiger partial charge on any atom is 0.325 e. The largest absolute Gasteiger partial charge is 0.486 e. The van der Waals surface area contributed by atoms with Crippen molar-refractivity contribution in [1.29, 1.82) is 0 Å². The summed E-state index contributed by atoms with van der Waals surface area (Å²) in [6.45, 7) is 5.16. The summed E-state index contributed by atoms with van der Waals surface area (Å²) in [6.07, 6.45) is 2.42. The zero-order chi connectivity index (χ0) is 21.6. The summed E-state index contributed by atoms with van der Waals surface area (Å²) in [4.78, 5) is 40.4. The Morgan fingerprint density at radius 1 is 0.935 bits per heavy atom. The van der Waals surface area contributed by atoms with Crippen molar-refractivity contribution in [2.24, 2.45) is 0 Å². The molecule has 3 N–H and O–H groups in total. The molecule has 0 spiro atoms. The third-order valence-corrected chi connectivity index (χ3v) is 5.48. The highest BCUT2D eigenvalue weighted by molar-refractivity contribution is 6.01. The Kier molecular flexibility index (Phi) is 6.88. The van der Waals surface area contributed by atoms with Crippen LogP contribution in [0.2, 0.25) is 0 Å². The molecule has 1 saturated heterocycles. The van der Waals surface area contributed by atoms with Gasteiger partial charge in [-0.05, 0) is 25.0 Å². The average molecular weight is 431 g/mol. The predicted octanol–water partition coefficient (Wildman–Crippen LogP) is 0.392. The minimum atomic E-state index is -0.576. The highest BCUT2D eigenvalue weighted by atomic mass is 16.6. The van der Waals surface area contributed by atoms with Crippen LogP contribution in [0, 0.1) is 0 Å². The molecule has 3 aliphatic rings. The molecule has 1 aliphatic carbocycles. The van der Waals surface area contributed by atoms with E-state index in [9.17, 15) is 14.4 Å². The first kappa shape index (κ1) is 21.4. The van der Waals surface area contributed by atoms with Crippen molar-refractivity contribution in [3.05, 3.63) is 18.2 Å². The van der Waals surface area contributed by atoms with Gasteiger partial charge in [-0.1, -0.05) is 0 Å². The molecular weight excluding hydrogens is 402 g/mol. The van der Waals surface area contributed by atoms with Gasteiger partial charge in [-0.3, -0.25) is 19.8 Å². The molecule has 31 heavy (non-hydrogen) atoms. The van der Waals surface area contributed by atoms with Crippen molar-refractivity contribution in [3.8, 4) is 11.5 Å². The molecular formula is C21H29N5O5. The summed E-state index contributed by atoms with van der Waals surface area (Å²) in [6, 6.07) is 4.90. The van der Waals surface area contributed by atoms with Crippen LogP contribution in [0.3, 0.4) is 0 Å². The molecule has 2 aliphatic heterocycles. The van der Waals surface area contributed by atoms with Gasteiger partial charge in [0.15, 0.2) is 11.5 Å².